The maximum Gasteiger partial charge on any atom is 0.236 e. The molecule has 4 nitrogen and oxygen atoms in total. The van der Waals surface area contributed by atoms with Crippen molar-refractivity contribution in [1.29, 1.82) is 0 Å². The van der Waals surface area contributed by atoms with Crippen molar-refractivity contribution < 1.29 is 9.53 Å². The van der Waals surface area contributed by atoms with E-state index in [1.807, 2.05) is 11.0 Å². The third-order valence-electron chi connectivity index (χ3n) is 5.46. The quantitative estimate of drug-likeness (QED) is 0.797. The van der Waals surface area contributed by atoms with Crippen LogP contribution in [0.2, 0.25) is 0 Å². The summed E-state index contributed by atoms with van der Waals surface area (Å²) in [5.41, 5.74) is 2.34. The molecular weight excluding hydrogens is 412 g/mol. The predicted octanol–water partition coefficient (Wildman–Crippen LogP) is 3.69. The summed E-state index contributed by atoms with van der Waals surface area (Å²) in [5.74, 6) is 0.183. The summed E-state index contributed by atoms with van der Waals surface area (Å²) in [6, 6.07) is 10.5. The second kappa shape index (κ2) is 7.80. The highest BCUT2D eigenvalue weighted by Gasteiger charge is 2.35. The van der Waals surface area contributed by atoms with Gasteiger partial charge in [0.05, 0.1) is 6.54 Å². The van der Waals surface area contributed by atoms with Crippen LogP contribution in [0.5, 0.6) is 0 Å². The molecule has 0 spiro atoms. The van der Waals surface area contributed by atoms with Gasteiger partial charge in [-0.05, 0) is 54.0 Å². The van der Waals surface area contributed by atoms with Gasteiger partial charge in [-0.3, -0.25) is 10.1 Å². The molecule has 1 amide bonds. The van der Waals surface area contributed by atoms with E-state index in [2.05, 4.69) is 50.9 Å². The van der Waals surface area contributed by atoms with E-state index in [-0.39, 0.29) is 11.4 Å². The first-order valence-corrected chi connectivity index (χ1v) is 10.8. The van der Waals surface area contributed by atoms with Crippen molar-refractivity contribution in [2.24, 2.45) is 0 Å². The third kappa shape index (κ3) is 3.74. The number of ether oxygens (including phenoxy) is 1. The smallest absolute Gasteiger partial charge is 0.236 e. The van der Waals surface area contributed by atoms with Crippen LogP contribution >= 0.6 is 27.3 Å². The van der Waals surface area contributed by atoms with Crippen LogP contribution < -0.4 is 5.32 Å². The highest BCUT2D eigenvalue weighted by molar-refractivity contribution is 9.10. The molecule has 1 aromatic heterocycles. The zero-order valence-corrected chi connectivity index (χ0v) is 17.1. The number of fused-ring (bicyclic) bond motifs is 1. The van der Waals surface area contributed by atoms with Crippen molar-refractivity contribution in [2.45, 2.75) is 31.3 Å². The van der Waals surface area contributed by atoms with Gasteiger partial charge < -0.3 is 9.64 Å². The average molecular weight is 435 g/mol. The van der Waals surface area contributed by atoms with Gasteiger partial charge in [-0.1, -0.05) is 28.1 Å². The van der Waals surface area contributed by atoms with Crippen molar-refractivity contribution in [3.63, 3.8) is 0 Å². The Morgan fingerprint density at radius 3 is 2.96 bits per heavy atom. The minimum Gasteiger partial charge on any atom is -0.381 e. The van der Waals surface area contributed by atoms with Crippen molar-refractivity contribution in [1.82, 2.24) is 10.2 Å². The normalized spacial score (nSPS) is 19.2. The lowest BCUT2D eigenvalue weighted by molar-refractivity contribution is -0.131. The standard InChI is InChI=1S/C20H23BrN2O2S/c21-17-3-1-2-16(12-17)20(6-9-25-10-7-20)22-13-19(24)23-8-4-18-15(14-23)5-11-26-18/h1-3,5,11-12,22H,4,6-10,13-14H2. The average Bonchev–Trinajstić information content (AvgIpc) is 3.14. The van der Waals surface area contributed by atoms with Crippen LogP contribution in [0.1, 0.15) is 28.8 Å². The summed E-state index contributed by atoms with van der Waals surface area (Å²) in [5, 5.41) is 5.73. The van der Waals surface area contributed by atoms with Crippen LogP contribution in [-0.2, 0) is 28.0 Å². The fourth-order valence-electron chi connectivity index (χ4n) is 3.89. The second-order valence-electron chi connectivity index (χ2n) is 6.99. The summed E-state index contributed by atoms with van der Waals surface area (Å²) < 4.78 is 6.65. The molecule has 3 heterocycles. The van der Waals surface area contributed by atoms with Crippen molar-refractivity contribution in [3.05, 3.63) is 56.2 Å². The first kappa shape index (κ1) is 18.2. The molecule has 0 bridgehead atoms. The van der Waals surface area contributed by atoms with E-state index in [0.717, 1.165) is 50.0 Å². The van der Waals surface area contributed by atoms with Gasteiger partial charge in [0.15, 0.2) is 0 Å². The number of hydrogen-bond acceptors (Lipinski definition) is 4. The number of nitrogens with one attached hydrogen (secondary N) is 1. The zero-order chi connectivity index (χ0) is 18.0. The Balaban J connectivity index is 1.46. The molecule has 2 aliphatic rings. The number of amides is 1. The summed E-state index contributed by atoms with van der Waals surface area (Å²) in [6.07, 6.45) is 2.74. The summed E-state index contributed by atoms with van der Waals surface area (Å²) >= 11 is 5.38. The number of rotatable bonds is 4. The number of halogens is 1. The SMILES string of the molecule is O=C(CNC1(c2cccc(Br)c2)CCOCC1)N1CCc2sccc2C1. The lowest BCUT2D eigenvalue weighted by Gasteiger charge is -2.39. The summed E-state index contributed by atoms with van der Waals surface area (Å²) in [7, 11) is 0. The molecule has 138 valence electrons. The van der Waals surface area contributed by atoms with Crippen molar-refractivity contribution in [3.8, 4) is 0 Å². The number of benzene rings is 1. The Kier molecular flexibility index (Phi) is 5.45. The van der Waals surface area contributed by atoms with Crippen LogP contribution in [0.25, 0.3) is 0 Å². The molecule has 6 heteroatoms. The number of nitrogens with zero attached hydrogens (tertiary/aromatic N) is 1. The van der Waals surface area contributed by atoms with Crippen LogP contribution in [0.3, 0.4) is 0 Å². The highest BCUT2D eigenvalue weighted by Crippen LogP contribution is 2.33. The third-order valence-corrected chi connectivity index (χ3v) is 6.98. The van der Waals surface area contributed by atoms with Gasteiger partial charge in [-0.15, -0.1) is 11.3 Å². The Morgan fingerprint density at radius 1 is 1.31 bits per heavy atom. The highest BCUT2D eigenvalue weighted by atomic mass is 79.9. The van der Waals surface area contributed by atoms with E-state index >= 15 is 0 Å². The minimum atomic E-state index is -0.193. The van der Waals surface area contributed by atoms with Gasteiger partial charge in [-0.2, -0.15) is 0 Å². The lowest BCUT2D eigenvalue weighted by Crippen LogP contribution is -2.51. The van der Waals surface area contributed by atoms with Crippen molar-refractivity contribution >= 4 is 33.2 Å². The molecule has 4 rings (SSSR count). The Morgan fingerprint density at radius 2 is 2.15 bits per heavy atom. The molecule has 0 radical (unpaired) electrons. The molecule has 26 heavy (non-hydrogen) atoms. The van der Waals surface area contributed by atoms with Gasteiger partial charge in [0.2, 0.25) is 5.91 Å². The van der Waals surface area contributed by atoms with Crippen LogP contribution in [0, 0.1) is 0 Å². The topological polar surface area (TPSA) is 41.6 Å². The number of thiophene rings is 1. The van der Waals surface area contributed by atoms with Gasteiger partial charge in [-0.25, -0.2) is 0 Å². The largest absolute Gasteiger partial charge is 0.381 e. The fraction of sp³-hybridized carbons (Fsp3) is 0.450. The molecule has 0 unspecified atom stereocenters. The van der Waals surface area contributed by atoms with Crippen molar-refractivity contribution in [2.75, 3.05) is 26.3 Å². The molecule has 2 aromatic rings. The van der Waals surface area contributed by atoms with Gasteiger partial charge in [0, 0.05) is 41.2 Å². The van der Waals surface area contributed by atoms with Gasteiger partial charge >= 0.3 is 0 Å². The maximum atomic E-state index is 12.8. The maximum absolute atomic E-state index is 12.8. The molecule has 0 aliphatic carbocycles. The molecule has 1 saturated heterocycles. The number of carbonyl (C=O) groups excluding carboxylic acids is 1. The Hall–Kier alpha value is -1.21. The van der Waals surface area contributed by atoms with Crippen LogP contribution in [0.4, 0.5) is 0 Å². The van der Waals surface area contributed by atoms with Crippen LogP contribution in [-0.4, -0.2) is 37.1 Å². The minimum absolute atomic E-state index is 0.183. The van der Waals surface area contributed by atoms with Crippen LogP contribution in [0.15, 0.2) is 40.2 Å². The number of hydrogen-bond donors (Lipinski definition) is 1. The Labute approximate surface area is 166 Å². The molecule has 1 aromatic carbocycles. The molecule has 0 saturated carbocycles. The predicted molar refractivity (Wildman–Crippen MR) is 107 cm³/mol. The number of carbonyl (C=O) groups is 1. The van der Waals surface area contributed by atoms with Gasteiger partial charge in [0.1, 0.15) is 0 Å². The Bertz CT molecular complexity index is 786. The molecule has 1 N–H and O–H groups in total. The first-order valence-electron chi connectivity index (χ1n) is 9.08. The van der Waals surface area contributed by atoms with E-state index in [1.54, 1.807) is 11.3 Å². The van der Waals surface area contributed by atoms with E-state index in [9.17, 15) is 4.79 Å². The summed E-state index contributed by atoms with van der Waals surface area (Å²) in [4.78, 5) is 16.2. The van der Waals surface area contributed by atoms with E-state index in [0.29, 0.717) is 6.54 Å². The fourth-order valence-corrected chi connectivity index (χ4v) is 5.18. The lowest BCUT2D eigenvalue weighted by atomic mass is 9.82. The molecule has 2 aliphatic heterocycles. The first-order chi connectivity index (χ1) is 12.7. The molecular formula is C20H23BrN2O2S. The zero-order valence-electron chi connectivity index (χ0n) is 14.7. The monoisotopic (exact) mass is 434 g/mol. The summed E-state index contributed by atoms with van der Waals surface area (Å²) in [6.45, 7) is 3.37. The molecule has 0 atom stereocenters. The second-order valence-corrected chi connectivity index (χ2v) is 8.91. The van der Waals surface area contributed by atoms with E-state index in [4.69, 9.17) is 4.74 Å². The van der Waals surface area contributed by atoms with Gasteiger partial charge in [0.25, 0.3) is 0 Å². The van der Waals surface area contributed by atoms with E-state index < -0.39 is 0 Å². The van der Waals surface area contributed by atoms with E-state index in [1.165, 1.54) is 16.0 Å². The molecule has 1 fully saturated rings.